The van der Waals surface area contributed by atoms with Gasteiger partial charge in [-0.3, -0.25) is 0 Å². The van der Waals surface area contributed by atoms with Gasteiger partial charge in [-0.25, -0.2) is 0 Å². The normalized spacial score (nSPS) is 12.9. The minimum Gasteiger partial charge on any atom is -0.387 e. The van der Waals surface area contributed by atoms with Gasteiger partial charge >= 0.3 is 0 Å². The summed E-state index contributed by atoms with van der Waals surface area (Å²) in [7, 11) is 0. The van der Waals surface area contributed by atoms with Crippen LogP contribution in [-0.2, 0) is 0 Å². The van der Waals surface area contributed by atoms with Gasteiger partial charge in [0.05, 0.1) is 9.89 Å². The molecule has 1 heterocycles. The summed E-state index contributed by atoms with van der Waals surface area (Å²) in [5.74, 6) is 0. The summed E-state index contributed by atoms with van der Waals surface area (Å²) >= 11 is 4.92. The van der Waals surface area contributed by atoms with Crippen LogP contribution in [0, 0.1) is 0 Å². The van der Waals surface area contributed by atoms with Gasteiger partial charge in [-0.05, 0) is 41.4 Å². The summed E-state index contributed by atoms with van der Waals surface area (Å²) in [5, 5.41) is 9.63. The monoisotopic (exact) mass is 246 g/mol. The van der Waals surface area contributed by atoms with Crippen LogP contribution in [0.5, 0.6) is 0 Å². The number of thiophene rings is 1. The van der Waals surface area contributed by atoms with E-state index >= 15 is 0 Å². The standard InChI is InChI=1S/C9H11BrOS/c1-6(2)5-7(11)8-3-4-9(10)12-8/h3-4,7,11H,1,5H2,2H3. The number of aliphatic hydroxyl groups is 1. The highest BCUT2D eigenvalue weighted by molar-refractivity contribution is 9.11. The Bertz CT molecular complexity index is 280. The minimum absolute atomic E-state index is 0.390. The molecule has 0 bridgehead atoms. The molecule has 0 aliphatic heterocycles. The SMILES string of the molecule is C=C(C)CC(O)c1ccc(Br)s1. The fourth-order valence-corrected chi connectivity index (χ4v) is 2.35. The number of halogens is 1. The van der Waals surface area contributed by atoms with Crippen molar-refractivity contribution >= 4 is 27.3 Å². The van der Waals surface area contributed by atoms with E-state index in [9.17, 15) is 5.11 Å². The van der Waals surface area contributed by atoms with Crippen LogP contribution in [0.15, 0.2) is 28.1 Å². The van der Waals surface area contributed by atoms with Crippen LogP contribution < -0.4 is 0 Å². The van der Waals surface area contributed by atoms with Gasteiger partial charge in [-0.1, -0.05) is 5.57 Å². The van der Waals surface area contributed by atoms with E-state index in [1.54, 1.807) is 11.3 Å². The van der Waals surface area contributed by atoms with E-state index in [-0.39, 0.29) is 0 Å². The fourth-order valence-electron chi connectivity index (χ4n) is 0.938. The Balaban J connectivity index is 2.64. The summed E-state index contributed by atoms with van der Waals surface area (Å²) in [4.78, 5) is 0.991. The molecule has 12 heavy (non-hydrogen) atoms. The van der Waals surface area contributed by atoms with Gasteiger partial charge in [-0.15, -0.1) is 17.9 Å². The molecule has 0 spiro atoms. The number of hydrogen-bond donors (Lipinski definition) is 1. The average Bonchev–Trinajstić information content (AvgIpc) is 2.34. The van der Waals surface area contributed by atoms with E-state index in [4.69, 9.17) is 0 Å². The van der Waals surface area contributed by atoms with Crippen LogP contribution in [0.1, 0.15) is 24.3 Å². The zero-order valence-electron chi connectivity index (χ0n) is 6.88. The smallest absolute Gasteiger partial charge is 0.0919 e. The molecule has 3 heteroatoms. The quantitative estimate of drug-likeness (QED) is 0.810. The number of hydrogen-bond acceptors (Lipinski definition) is 2. The highest BCUT2D eigenvalue weighted by Gasteiger charge is 2.09. The molecule has 1 unspecified atom stereocenters. The molecule has 0 radical (unpaired) electrons. The molecular weight excluding hydrogens is 236 g/mol. The summed E-state index contributed by atoms with van der Waals surface area (Å²) in [6.07, 6.45) is 0.256. The van der Waals surface area contributed by atoms with Gasteiger partial charge < -0.3 is 5.11 Å². The molecule has 1 aromatic heterocycles. The number of aliphatic hydroxyl groups excluding tert-OH is 1. The molecule has 1 rings (SSSR count). The van der Waals surface area contributed by atoms with Crippen molar-refractivity contribution < 1.29 is 5.11 Å². The first-order valence-electron chi connectivity index (χ1n) is 3.67. The van der Waals surface area contributed by atoms with Crippen molar-refractivity contribution in [1.82, 2.24) is 0 Å². The van der Waals surface area contributed by atoms with Crippen LogP contribution >= 0.6 is 27.3 Å². The van der Waals surface area contributed by atoms with Crippen molar-refractivity contribution in [3.8, 4) is 0 Å². The molecule has 0 amide bonds. The molecule has 0 aliphatic rings. The molecule has 0 fully saturated rings. The molecule has 1 nitrogen and oxygen atoms in total. The topological polar surface area (TPSA) is 20.2 Å². The van der Waals surface area contributed by atoms with Crippen molar-refractivity contribution in [2.24, 2.45) is 0 Å². The maximum Gasteiger partial charge on any atom is 0.0919 e. The Labute approximate surface area is 84.9 Å². The lowest BCUT2D eigenvalue weighted by atomic mass is 10.1. The molecule has 1 N–H and O–H groups in total. The molecule has 1 atom stereocenters. The van der Waals surface area contributed by atoms with E-state index in [1.165, 1.54) is 0 Å². The van der Waals surface area contributed by atoms with Gasteiger partial charge in [0, 0.05) is 4.88 Å². The van der Waals surface area contributed by atoms with E-state index < -0.39 is 6.10 Å². The van der Waals surface area contributed by atoms with E-state index in [0.29, 0.717) is 6.42 Å². The highest BCUT2D eigenvalue weighted by Crippen LogP contribution is 2.29. The first-order chi connectivity index (χ1) is 5.59. The molecule has 0 aliphatic carbocycles. The van der Waals surface area contributed by atoms with Crippen LogP contribution in [0.2, 0.25) is 0 Å². The van der Waals surface area contributed by atoms with Crippen molar-refractivity contribution in [2.75, 3.05) is 0 Å². The lowest BCUT2D eigenvalue weighted by Gasteiger charge is -2.06. The maximum atomic E-state index is 9.63. The number of rotatable bonds is 3. The zero-order chi connectivity index (χ0) is 9.14. The lowest BCUT2D eigenvalue weighted by Crippen LogP contribution is -1.93. The van der Waals surface area contributed by atoms with Gasteiger partial charge in [-0.2, -0.15) is 0 Å². The molecule has 0 saturated carbocycles. The van der Waals surface area contributed by atoms with Crippen molar-refractivity contribution in [3.63, 3.8) is 0 Å². The van der Waals surface area contributed by atoms with E-state index in [2.05, 4.69) is 22.5 Å². The second-order valence-corrected chi connectivity index (χ2v) is 5.31. The summed E-state index contributed by atoms with van der Waals surface area (Å²) in [6, 6.07) is 3.88. The molecule has 1 aromatic rings. The molecule has 0 aromatic carbocycles. The van der Waals surface area contributed by atoms with E-state index in [1.807, 2.05) is 19.1 Å². The largest absolute Gasteiger partial charge is 0.387 e. The fraction of sp³-hybridized carbons (Fsp3) is 0.333. The van der Waals surface area contributed by atoms with Crippen molar-refractivity contribution in [3.05, 3.63) is 32.9 Å². The first kappa shape index (κ1) is 9.96. The second-order valence-electron chi connectivity index (χ2n) is 2.82. The summed E-state index contributed by atoms with van der Waals surface area (Å²) < 4.78 is 1.05. The third kappa shape index (κ3) is 2.73. The Morgan fingerprint density at radius 2 is 2.42 bits per heavy atom. The second kappa shape index (κ2) is 4.21. The van der Waals surface area contributed by atoms with Gasteiger partial charge in [0.1, 0.15) is 0 Å². The van der Waals surface area contributed by atoms with Gasteiger partial charge in [0.25, 0.3) is 0 Å². The summed E-state index contributed by atoms with van der Waals surface area (Å²) in [5.41, 5.74) is 1.01. The highest BCUT2D eigenvalue weighted by atomic mass is 79.9. The zero-order valence-corrected chi connectivity index (χ0v) is 9.28. The van der Waals surface area contributed by atoms with E-state index in [0.717, 1.165) is 14.2 Å². The molecule has 66 valence electrons. The third-order valence-electron chi connectivity index (χ3n) is 1.46. The Hall–Kier alpha value is -0.120. The van der Waals surface area contributed by atoms with Gasteiger partial charge in [0.2, 0.25) is 0 Å². The Morgan fingerprint density at radius 3 is 2.83 bits per heavy atom. The van der Waals surface area contributed by atoms with Crippen LogP contribution in [-0.4, -0.2) is 5.11 Å². The predicted octanol–water partition coefficient (Wildman–Crippen LogP) is 3.51. The van der Waals surface area contributed by atoms with Crippen LogP contribution in [0.3, 0.4) is 0 Å². The minimum atomic E-state index is -0.390. The summed E-state index contributed by atoms with van der Waals surface area (Å²) in [6.45, 7) is 5.68. The van der Waals surface area contributed by atoms with Gasteiger partial charge in [0.15, 0.2) is 0 Å². The predicted molar refractivity (Wildman–Crippen MR) is 56.4 cm³/mol. The van der Waals surface area contributed by atoms with Crippen LogP contribution in [0.4, 0.5) is 0 Å². The first-order valence-corrected chi connectivity index (χ1v) is 5.28. The third-order valence-corrected chi connectivity index (χ3v) is 3.19. The van der Waals surface area contributed by atoms with Crippen LogP contribution in [0.25, 0.3) is 0 Å². The van der Waals surface area contributed by atoms with Crippen molar-refractivity contribution in [1.29, 1.82) is 0 Å². The lowest BCUT2D eigenvalue weighted by molar-refractivity contribution is 0.182. The maximum absolute atomic E-state index is 9.63. The molecule has 0 saturated heterocycles. The Kier molecular flexibility index (Phi) is 3.50. The Morgan fingerprint density at radius 1 is 1.75 bits per heavy atom. The molecular formula is C9H11BrOS. The average molecular weight is 247 g/mol. The van der Waals surface area contributed by atoms with Crippen molar-refractivity contribution in [2.45, 2.75) is 19.4 Å².